The molecular formula is C17H19FN2O2. The summed E-state index contributed by atoms with van der Waals surface area (Å²) in [6.07, 6.45) is 2.11. The molecule has 2 unspecified atom stereocenters. The fourth-order valence-corrected chi connectivity index (χ4v) is 2.98. The van der Waals surface area contributed by atoms with Crippen molar-refractivity contribution in [1.29, 1.82) is 0 Å². The molecule has 1 aromatic carbocycles. The molecule has 116 valence electrons. The van der Waals surface area contributed by atoms with E-state index in [0.29, 0.717) is 13.1 Å². The molecule has 0 N–H and O–H groups in total. The molecule has 0 bridgehead atoms. The number of hydrogen-bond donors (Lipinski definition) is 0. The molecule has 5 heteroatoms. The molecule has 2 aliphatic rings. The molecule has 0 radical (unpaired) electrons. The van der Waals surface area contributed by atoms with E-state index in [2.05, 4.69) is 6.58 Å². The number of likely N-dealkylation sites (tertiary alicyclic amines) is 1. The van der Waals surface area contributed by atoms with Crippen LogP contribution in [-0.2, 0) is 9.59 Å². The summed E-state index contributed by atoms with van der Waals surface area (Å²) in [6.45, 7) is 4.64. The van der Waals surface area contributed by atoms with Gasteiger partial charge in [0.1, 0.15) is 5.82 Å². The van der Waals surface area contributed by atoms with Gasteiger partial charge >= 0.3 is 0 Å². The molecule has 1 heterocycles. The van der Waals surface area contributed by atoms with Crippen LogP contribution < -0.4 is 0 Å². The second-order valence-corrected chi connectivity index (χ2v) is 6.05. The molecule has 22 heavy (non-hydrogen) atoms. The van der Waals surface area contributed by atoms with Crippen LogP contribution >= 0.6 is 0 Å². The van der Waals surface area contributed by atoms with Crippen molar-refractivity contribution in [2.45, 2.75) is 18.4 Å². The van der Waals surface area contributed by atoms with Crippen LogP contribution in [0.25, 0.3) is 0 Å². The summed E-state index contributed by atoms with van der Waals surface area (Å²) in [5.41, 5.74) is 1.02. The minimum atomic E-state index is -0.257. The Morgan fingerprint density at radius 1 is 1.32 bits per heavy atom. The maximum atomic E-state index is 12.9. The first-order valence-corrected chi connectivity index (χ1v) is 7.44. The summed E-state index contributed by atoms with van der Waals surface area (Å²) in [5.74, 6) is -0.0166. The molecule has 2 atom stereocenters. The number of benzene rings is 1. The fraction of sp³-hybridized carbons (Fsp3) is 0.412. The number of carbonyl (C=O) groups is 2. The third-order valence-electron chi connectivity index (χ3n) is 4.65. The SMILES string of the molecule is C=CC(=O)N(C)C1CN(C(=O)C2CC2c2ccc(F)cc2)C1. The highest BCUT2D eigenvalue weighted by Gasteiger charge is 2.48. The van der Waals surface area contributed by atoms with Crippen LogP contribution in [0.3, 0.4) is 0 Å². The zero-order valence-electron chi connectivity index (χ0n) is 12.5. The molecule has 2 amide bonds. The summed E-state index contributed by atoms with van der Waals surface area (Å²) in [7, 11) is 1.73. The predicted molar refractivity (Wildman–Crippen MR) is 80.6 cm³/mol. The van der Waals surface area contributed by atoms with E-state index in [9.17, 15) is 14.0 Å². The van der Waals surface area contributed by atoms with Crippen molar-refractivity contribution in [3.8, 4) is 0 Å². The van der Waals surface area contributed by atoms with Crippen LogP contribution in [0, 0.1) is 11.7 Å². The largest absolute Gasteiger partial charge is 0.338 e. The van der Waals surface area contributed by atoms with Gasteiger partial charge < -0.3 is 9.80 Å². The summed E-state index contributed by atoms with van der Waals surface area (Å²) < 4.78 is 12.9. The first kappa shape index (κ1) is 14.8. The lowest BCUT2D eigenvalue weighted by Gasteiger charge is -2.43. The van der Waals surface area contributed by atoms with Gasteiger partial charge in [0, 0.05) is 26.1 Å². The van der Waals surface area contributed by atoms with Gasteiger partial charge in [-0.2, -0.15) is 0 Å². The van der Waals surface area contributed by atoms with Gasteiger partial charge in [-0.1, -0.05) is 18.7 Å². The van der Waals surface area contributed by atoms with Gasteiger partial charge in [0.15, 0.2) is 0 Å². The van der Waals surface area contributed by atoms with Crippen LogP contribution in [0.15, 0.2) is 36.9 Å². The van der Waals surface area contributed by atoms with Crippen molar-refractivity contribution >= 4 is 11.8 Å². The lowest BCUT2D eigenvalue weighted by atomic mass is 10.0. The van der Waals surface area contributed by atoms with E-state index in [1.54, 1.807) is 29.0 Å². The van der Waals surface area contributed by atoms with Gasteiger partial charge in [-0.05, 0) is 36.1 Å². The highest BCUT2D eigenvalue weighted by molar-refractivity contribution is 5.88. The van der Waals surface area contributed by atoms with Gasteiger partial charge in [0.05, 0.1) is 6.04 Å². The summed E-state index contributed by atoms with van der Waals surface area (Å²) in [6, 6.07) is 6.46. The first-order valence-electron chi connectivity index (χ1n) is 7.44. The van der Waals surface area contributed by atoms with Crippen molar-refractivity contribution in [3.05, 3.63) is 48.3 Å². The number of carbonyl (C=O) groups excluding carboxylic acids is 2. The zero-order chi connectivity index (χ0) is 15.9. The molecule has 4 nitrogen and oxygen atoms in total. The second-order valence-electron chi connectivity index (χ2n) is 6.05. The van der Waals surface area contributed by atoms with E-state index in [0.717, 1.165) is 12.0 Å². The maximum absolute atomic E-state index is 12.9. The van der Waals surface area contributed by atoms with Crippen molar-refractivity contribution in [2.24, 2.45) is 5.92 Å². The Morgan fingerprint density at radius 2 is 1.95 bits per heavy atom. The van der Waals surface area contributed by atoms with E-state index in [4.69, 9.17) is 0 Å². The van der Waals surface area contributed by atoms with E-state index >= 15 is 0 Å². The molecule has 1 aromatic rings. The van der Waals surface area contributed by atoms with Crippen molar-refractivity contribution in [3.63, 3.8) is 0 Å². The number of likely N-dealkylation sites (N-methyl/N-ethyl adjacent to an activating group) is 1. The lowest BCUT2D eigenvalue weighted by Crippen LogP contribution is -2.61. The Balaban J connectivity index is 1.52. The van der Waals surface area contributed by atoms with Gasteiger partial charge in [-0.15, -0.1) is 0 Å². The Hall–Kier alpha value is -2.17. The van der Waals surface area contributed by atoms with Crippen molar-refractivity contribution in [1.82, 2.24) is 9.80 Å². The summed E-state index contributed by atoms with van der Waals surface area (Å²) >= 11 is 0. The number of nitrogens with zero attached hydrogens (tertiary/aromatic N) is 2. The smallest absolute Gasteiger partial charge is 0.246 e. The molecule has 1 aliphatic heterocycles. The lowest BCUT2D eigenvalue weighted by molar-refractivity contribution is -0.144. The average Bonchev–Trinajstić information content (AvgIpc) is 3.25. The quantitative estimate of drug-likeness (QED) is 0.796. The first-order chi connectivity index (χ1) is 10.5. The summed E-state index contributed by atoms with van der Waals surface area (Å²) in [4.78, 5) is 27.3. The monoisotopic (exact) mass is 302 g/mol. The Kier molecular flexibility index (Phi) is 3.72. The Morgan fingerprint density at radius 3 is 2.55 bits per heavy atom. The molecule has 3 rings (SSSR count). The molecule has 1 aliphatic carbocycles. The van der Waals surface area contributed by atoms with Crippen molar-refractivity contribution in [2.75, 3.05) is 20.1 Å². The van der Waals surface area contributed by atoms with Crippen LogP contribution in [0.2, 0.25) is 0 Å². The fourth-order valence-electron chi connectivity index (χ4n) is 2.98. The van der Waals surface area contributed by atoms with Crippen LogP contribution in [0.4, 0.5) is 4.39 Å². The molecule has 1 saturated carbocycles. The molecule has 0 aromatic heterocycles. The molecular weight excluding hydrogens is 283 g/mol. The minimum absolute atomic E-state index is 0.00632. The molecule has 0 spiro atoms. The number of halogens is 1. The Bertz CT molecular complexity index is 608. The molecule has 1 saturated heterocycles. The topological polar surface area (TPSA) is 40.6 Å². The van der Waals surface area contributed by atoms with E-state index in [1.165, 1.54) is 18.2 Å². The Labute approximate surface area is 129 Å². The standard InChI is InChI=1S/C17H19FN2O2/c1-3-16(21)19(2)13-9-20(10-13)17(22)15-8-14(15)11-4-6-12(18)7-5-11/h3-7,13-15H,1,8-10H2,2H3. The van der Waals surface area contributed by atoms with Crippen molar-refractivity contribution < 1.29 is 14.0 Å². The van der Waals surface area contributed by atoms with Crippen LogP contribution in [-0.4, -0.2) is 47.8 Å². The highest BCUT2D eigenvalue weighted by atomic mass is 19.1. The van der Waals surface area contributed by atoms with E-state index in [1.807, 2.05) is 0 Å². The van der Waals surface area contributed by atoms with Gasteiger partial charge in [0.2, 0.25) is 11.8 Å². The van der Waals surface area contributed by atoms with Crippen LogP contribution in [0.5, 0.6) is 0 Å². The third-order valence-corrected chi connectivity index (χ3v) is 4.65. The summed E-state index contributed by atoms with van der Waals surface area (Å²) in [5, 5.41) is 0. The minimum Gasteiger partial charge on any atom is -0.338 e. The van der Waals surface area contributed by atoms with Crippen LogP contribution in [0.1, 0.15) is 17.9 Å². The van der Waals surface area contributed by atoms with Gasteiger partial charge in [-0.25, -0.2) is 4.39 Å². The number of rotatable bonds is 4. The molecule has 2 fully saturated rings. The predicted octanol–water partition coefficient (Wildman–Crippen LogP) is 1.78. The van der Waals surface area contributed by atoms with Gasteiger partial charge in [-0.3, -0.25) is 9.59 Å². The second kappa shape index (κ2) is 5.55. The van der Waals surface area contributed by atoms with Gasteiger partial charge in [0.25, 0.3) is 0 Å². The maximum Gasteiger partial charge on any atom is 0.246 e. The zero-order valence-corrected chi connectivity index (χ0v) is 12.5. The highest BCUT2D eigenvalue weighted by Crippen LogP contribution is 2.48. The number of hydrogen-bond acceptors (Lipinski definition) is 2. The average molecular weight is 302 g/mol. The van der Waals surface area contributed by atoms with E-state index in [-0.39, 0.29) is 35.5 Å². The third kappa shape index (κ3) is 2.63. The number of amides is 2. The van der Waals surface area contributed by atoms with E-state index < -0.39 is 0 Å². The normalized spacial score (nSPS) is 23.6.